The molecule has 0 amide bonds. The minimum absolute atomic E-state index is 0.0730. The molecule has 0 fully saturated rings. The first-order chi connectivity index (χ1) is 11.6. The molecule has 1 aromatic carbocycles. The molecule has 3 rings (SSSR count). The quantitative estimate of drug-likeness (QED) is 0.546. The lowest BCUT2D eigenvalue weighted by molar-refractivity contribution is -0.383. The summed E-state index contributed by atoms with van der Waals surface area (Å²) in [7, 11) is 0. The average molecular weight is 322 g/mol. The van der Waals surface area contributed by atoms with E-state index in [9.17, 15) is 10.1 Å². The molecule has 0 aliphatic rings. The highest BCUT2D eigenvalue weighted by atomic mass is 16.6. The summed E-state index contributed by atoms with van der Waals surface area (Å²) in [5.41, 5.74) is 1.49. The third kappa shape index (κ3) is 3.43. The van der Waals surface area contributed by atoms with Crippen LogP contribution in [0, 0.1) is 17.0 Å². The van der Waals surface area contributed by atoms with E-state index >= 15 is 0 Å². The average Bonchev–Trinajstić information content (AvgIpc) is 2.56. The molecule has 0 aliphatic heterocycles. The molecule has 2 aromatic heterocycles. The molecular weight excluding hydrogens is 308 g/mol. The van der Waals surface area contributed by atoms with Gasteiger partial charge in [-0.05, 0) is 36.8 Å². The van der Waals surface area contributed by atoms with Gasteiger partial charge in [0.25, 0.3) is 0 Å². The van der Waals surface area contributed by atoms with Crippen molar-refractivity contribution < 1.29 is 4.92 Å². The van der Waals surface area contributed by atoms with Crippen molar-refractivity contribution in [2.75, 3.05) is 10.6 Å². The highest BCUT2D eigenvalue weighted by Crippen LogP contribution is 2.32. The van der Waals surface area contributed by atoms with Gasteiger partial charge >= 0.3 is 5.69 Å². The molecule has 0 saturated carbocycles. The van der Waals surface area contributed by atoms with E-state index in [2.05, 4.69) is 25.6 Å². The lowest BCUT2D eigenvalue weighted by atomic mass is 10.2. The standard InChI is InChI=1S/C16H14N6O2/c1-11-5-4-6-12(9-11)20-15-14(22(23)24)16(19-10-18-15)21-13-7-2-3-8-17-13/h2-10H,1H3,(H2,17,18,19,20,21). The Hall–Kier alpha value is -3.55. The summed E-state index contributed by atoms with van der Waals surface area (Å²) < 4.78 is 0. The number of rotatable bonds is 5. The summed E-state index contributed by atoms with van der Waals surface area (Å²) in [6, 6.07) is 12.7. The van der Waals surface area contributed by atoms with Crippen LogP contribution in [0.15, 0.2) is 55.0 Å². The van der Waals surface area contributed by atoms with E-state index in [1.54, 1.807) is 24.4 Å². The topological polar surface area (TPSA) is 106 Å². The first-order valence-corrected chi connectivity index (χ1v) is 7.14. The zero-order valence-electron chi connectivity index (χ0n) is 12.8. The summed E-state index contributed by atoms with van der Waals surface area (Å²) in [6.07, 6.45) is 2.84. The zero-order valence-corrected chi connectivity index (χ0v) is 12.8. The van der Waals surface area contributed by atoms with Gasteiger partial charge in [-0.1, -0.05) is 18.2 Å². The van der Waals surface area contributed by atoms with Crippen molar-refractivity contribution in [3.63, 3.8) is 0 Å². The van der Waals surface area contributed by atoms with Crippen molar-refractivity contribution in [2.45, 2.75) is 6.92 Å². The number of aromatic nitrogens is 3. The molecule has 0 bridgehead atoms. The second-order valence-electron chi connectivity index (χ2n) is 5.01. The normalized spacial score (nSPS) is 10.2. The van der Waals surface area contributed by atoms with Crippen LogP contribution in [-0.2, 0) is 0 Å². The van der Waals surface area contributed by atoms with Crippen LogP contribution in [-0.4, -0.2) is 19.9 Å². The third-order valence-corrected chi connectivity index (χ3v) is 3.20. The maximum absolute atomic E-state index is 11.5. The van der Waals surface area contributed by atoms with Crippen LogP contribution in [0.2, 0.25) is 0 Å². The van der Waals surface area contributed by atoms with Crippen molar-refractivity contribution >= 4 is 28.8 Å². The number of hydrogen-bond donors (Lipinski definition) is 2. The Morgan fingerprint density at radius 3 is 2.46 bits per heavy atom. The summed E-state index contributed by atoms with van der Waals surface area (Å²) in [6.45, 7) is 1.94. The van der Waals surface area contributed by atoms with Crippen LogP contribution in [0.5, 0.6) is 0 Å². The molecule has 0 saturated heterocycles. The van der Waals surface area contributed by atoms with E-state index in [1.807, 2.05) is 31.2 Å². The molecule has 0 spiro atoms. The van der Waals surface area contributed by atoms with E-state index < -0.39 is 4.92 Å². The Balaban J connectivity index is 1.97. The first kappa shape index (κ1) is 15.3. The van der Waals surface area contributed by atoms with Crippen LogP contribution in [0.1, 0.15) is 5.56 Å². The number of anilines is 4. The van der Waals surface area contributed by atoms with Gasteiger partial charge in [-0.25, -0.2) is 15.0 Å². The summed E-state index contributed by atoms with van der Waals surface area (Å²) in [4.78, 5) is 23.0. The molecule has 0 aliphatic carbocycles. The molecule has 3 aromatic rings. The maximum Gasteiger partial charge on any atom is 0.353 e. The minimum Gasteiger partial charge on any atom is -0.334 e. The number of benzene rings is 1. The Morgan fingerprint density at radius 2 is 1.79 bits per heavy atom. The fourth-order valence-corrected chi connectivity index (χ4v) is 2.15. The molecule has 2 N–H and O–H groups in total. The number of nitro groups is 1. The second-order valence-corrected chi connectivity index (χ2v) is 5.01. The van der Waals surface area contributed by atoms with E-state index in [-0.39, 0.29) is 17.3 Å². The second kappa shape index (κ2) is 6.69. The first-order valence-electron chi connectivity index (χ1n) is 7.14. The lowest BCUT2D eigenvalue weighted by Gasteiger charge is -2.10. The number of hydrogen-bond acceptors (Lipinski definition) is 7. The van der Waals surface area contributed by atoms with Crippen LogP contribution < -0.4 is 10.6 Å². The number of pyridine rings is 1. The Bertz CT molecular complexity index is 869. The summed E-state index contributed by atoms with van der Waals surface area (Å²) in [5, 5.41) is 17.3. The van der Waals surface area contributed by atoms with Crippen LogP contribution in [0.25, 0.3) is 0 Å². The fraction of sp³-hybridized carbons (Fsp3) is 0.0625. The molecule has 0 unspecified atom stereocenters. The number of aryl methyl sites for hydroxylation is 1. The van der Waals surface area contributed by atoms with Crippen molar-refractivity contribution in [1.82, 2.24) is 15.0 Å². The van der Waals surface area contributed by atoms with Gasteiger partial charge in [0, 0.05) is 11.9 Å². The van der Waals surface area contributed by atoms with Crippen LogP contribution in [0.3, 0.4) is 0 Å². The van der Waals surface area contributed by atoms with E-state index in [0.717, 1.165) is 5.56 Å². The smallest absolute Gasteiger partial charge is 0.334 e. The zero-order chi connectivity index (χ0) is 16.9. The highest BCUT2D eigenvalue weighted by molar-refractivity contribution is 5.76. The monoisotopic (exact) mass is 322 g/mol. The Morgan fingerprint density at radius 1 is 1.00 bits per heavy atom. The molecular formula is C16H14N6O2. The van der Waals surface area contributed by atoms with Gasteiger partial charge in [0.15, 0.2) is 0 Å². The molecule has 120 valence electrons. The molecule has 8 nitrogen and oxygen atoms in total. The fourth-order valence-electron chi connectivity index (χ4n) is 2.15. The van der Waals surface area contributed by atoms with Crippen molar-refractivity contribution in [3.05, 3.63) is 70.7 Å². The van der Waals surface area contributed by atoms with Crippen LogP contribution >= 0.6 is 0 Å². The number of nitrogens with one attached hydrogen (secondary N) is 2. The number of nitrogens with zero attached hydrogens (tertiary/aromatic N) is 4. The highest BCUT2D eigenvalue weighted by Gasteiger charge is 2.23. The van der Waals surface area contributed by atoms with E-state index in [1.165, 1.54) is 6.33 Å². The molecule has 8 heteroatoms. The molecule has 24 heavy (non-hydrogen) atoms. The SMILES string of the molecule is Cc1cccc(Nc2ncnc(Nc3ccccn3)c2[N+](=O)[O-])c1. The van der Waals surface area contributed by atoms with Gasteiger partial charge in [0.1, 0.15) is 12.1 Å². The van der Waals surface area contributed by atoms with Gasteiger partial charge in [0.2, 0.25) is 11.6 Å². The molecule has 2 heterocycles. The van der Waals surface area contributed by atoms with Crippen molar-refractivity contribution in [3.8, 4) is 0 Å². The minimum atomic E-state index is -0.524. The third-order valence-electron chi connectivity index (χ3n) is 3.20. The van der Waals surface area contributed by atoms with Gasteiger partial charge in [-0.3, -0.25) is 10.1 Å². The lowest BCUT2D eigenvalue weighted by Crippen LogP contribution is -2.06. The Labute approximate surface area is 137 Å². The largest absolute Gasteiger partial charge is 0.353 e. The summed E-state index contributed by atoms with van der Waals surface area (Å²) in [5.74, 6) is 0.642. The van der Waals surface area contributed by atoms with E-state index in [4.69, 9.17) is 0 Å². The van der Waals surface area contributed by atoms with Crippen LogP contribution in [0.4, 0.5) is 28.8 Å². The van der Waals surface area contributed by atoms with Crippen molar-refractivity contribution in [2.24, 2.45) is 0 Å². The predicted molar refractivity (Wildman–Crippen MR) is 90.7 cm³/mol. The predicted octanol–water partition coefficient (Wildman–Crippen LogP) is 3.58. The molecule has 0 atom stereocenters. The van der Waals surface area contributed by atoms with E-state index in [0.29, 0.717) is 11.5 Å². The van der Waals surface area contributed by atoms with Gasteiger partial charge in [-0.2, -0.15) is 0 Å². The van der Waals surface area contributed by atoms with Gasteiger partial charge in [-0.15, -0.1) is 0 Å². The molecule has 0 radical (unpaired) electrons. The Kier molecular flexibility index (Phi) is 4.28. The summed E-state index contributed by atoms with van der Waals surface area (Å²) >= 11 is 0. The van der Waals surface area contributed by atoms with Gasteiger partial charge < -0.3 is 10.6 Å². The van der Waals surface area contributed by atoms with Crippen molar-refractivity contribution in [1.29, 1.82) is 0 Å². The maximum atomic E-state index is 11.5. The van der Waals surface area contributed by atoms with Gasteiger partial charge in [0.05, 0.1) is 4.92 Å².